The van der Waals surface area contributed by atoms with Gasteiger partial charge >= 0.3 is 0 Å². The zero-order valence-electron chi connectivity index (χ0n) is 14.9. The van der Waals surface area contributed by atoms with Gasteiger partial charge in [-0.05, 0) is 35.8 Å². The van der Waals surface area contributed by atoms with Gasteiger partial charge in [-0.15, -0.1) is 0 Å². The maximum atomic E-state index is 8.56. The Bertz CT molecular complexity index is 486. The van der Waals surface area contributed by atoms with Crippen LogP contribution < -0.4 is 0 Å². The predicted molar refractivity (Wildman–Crippen MR) is 97.9 cm³/mol. The van der Waals surface area contributed by atoms with Gasteiger partial charge in [-0.25, -0.2) is 0 Å². The van der Waals surface area contributed by atoms with E-state index in [1.54, 1.807) is 0 Å². The average Bonchev–Trinajstić information content (AvgIpc) is 2.49. The fourth-order valence-electron chi connectivity index (χ4n) is 2.84. The summed E-state index contributed by atoms with van der Waals surface area (Å²) in [5.41, 5.74) is 4.34. The maximum Gasteiger partial charge on any atom is 0.0825 e. The largest absolute Gasteiger partial charge is 0.303 e. The summed E-state index contributed by atoms with van der Waals surface area (Å²) in [5, 5.41) is 16.9. The lowest BCUT2D eigenvalue weighted by Gasteiger charge is -2.20. The summed E-state index contributed by atoms with van der Waals surface area (Å²) < 4.78 is 0. The molecule has 0 saturated heterocycles. The van der Waals surface area contributed by atoms with Crippen LogP contribution in [0.15, 0.2) is 18.2 Å². The van der Waals surface area contributed by atoms with E-state index in [4.69, 9.17) is 10.8 Å². The summed E-state index contributed by atoms with van der Waals surface area (Å²) in [6.45, 7) is 10.9. The van der Waals surface area contributed by atoms with Gasteiger partial charge in [0.2, 0.25) is 0 Å². The van der Waals surface area contributed by atoms with Crippen molar-refractivity contribution in [3.05, 3.63) is 34.9 Å². The highest BCUT2D eigenvalue weighted by molar-refractivity contribution is 6.46. The molecule has 0 unspecified atom stereocenters. The summed E-state index contributed by atoms with van der Waals surface area (Å²) in [5.74, 6) is 0.754. The number of hydrogen-bond donors (Lipinski definition) is 2. The van der Waals surface area contributed by atoms with E-state index in [1.807, 2.05) is 0 Å². The molecule has 0 radical (unpaired) electrons. The standard InChI is InChI=1S/C20H32N2/c1-6-7-8-9-13-18(21)20(22)19-16(14(2)3)11-10-12-17(19)15(4)5/h10-12,14-15,21-22H,6-9,13H2,1-5H3. The number of benzene rings is 1. The second-order valence-electron chi connectivity index (χ2n) is 6.79. The van der Waals surface area contributed by atoms with Gasteiger partial charge in [0.05, 0.1) is 11.4 Å². The molecule has 0 saturated carbocycles. The third kappa shape index (κ3) is 4.79. The van der Waals surface area contributed by atoms with Crippen LogP contribution in [0.2, 0.25) is 0 Å². The molecule has 0 amide bonds. The third-order valence-electron chi connectivity index (χ3n) is 4.21. The zero-order chi connectivity index (χ0) is 16.7. The Morgan fingerprint density at radius 1 is 0.909 bits per heavy atom. The average molecular weight is 300 g/mol. The molecule has 2 nitrogen and oxygen atoms in total. The number of hydrogen-bond acceptors (Lipinski definition) is 2. The molecule has 1 aromatic carbocycles. The van der Waals surface area contributed by atoms with Crippen LogP contribution in [0.1, 0.15) is 95.2 Å². The van der Waals surface area contributed by atoms with Crippen molar-refractivity contribution in [2.45, 2.75) is 78.6 Å². The van der Waals surface area contributed by atoms with Gasteiger partial charge in [-0.3, -0.25) is 5.41 Å². The van der Waals surface area contributed by atoms with Gasteiger partial charge < -0.3 is 5.41 Å². The molecule has 1 rings (SSSR count). The number of nitrogens with one attached hydrogen (secondary N) is 2. The molecular weight excluding hydrogens is 268 g/mol. The van der Waals surface area contributed by atoms with Crippen LogP contribution in [-0.2, 0) is 0 Å². The molecule has 0 aliphatic rings. The quantitative estimate of drug-likeness (QED) is 0.397. The fraction of sp³-hybridized carbons (Fsp3) is 0.600. The molecule has 2 N–H and O–H groups in total. The smallest absolute Gasteiger partial charge is 0.0825 e. The highest BCUT2D eigenvalue weighted by Gasteiger charge is 2.19. The van der Waals surface area contributed by atoms with Crippen LogP contribution in [0, 0.1) is 10.8 Å². The van der Waals surface area contributed by atoms with Gasteiger partial charge in [0.1, 0.15) is 0 Å². The maximum absolute atomic E-state index is 8.56. The van der Waals surface area contributed by atoms with Crippen LogP contribution >= 0.6 is 0 Å². The van der Waals surface area contributed by atoms with E-state index >= 15 is 0 Å². The van der Waals surface area contributed by atoms with E-state index in [0.29, 0.717) is 23.3 Å². The van der Waals surface area contributed by atoms with E-state index in [1.165, 1.54) is 24.0 Å². The Balaban J connectivity index is 3.02. The Hall–Kier alpha value is -1.44. The number of rotatable bonds is 9. The minimum absolute atomic E-state index is 0.377. The van der Waals surface area contributed by atoms with Crippen LogP contribution in [0.4, 0.5) is 0 Å². The van der Waals surface area contributed by atoms with Crippen LogP contribution in [-0.4, -0.2) is 11.4 Å². The van der Waals surface area contributed by atoms with E-state index in [9.17, 15) is 0 Å². The van der Waals surface area contributed by atoms with Gasteiger partial charge in [0.25, 0.3) is 0 Å². The van der Waals surface area contributed by atoms with E-state index in [-0.39, 0.29) is 0 Å². The molecule has 0 spiro atoms. The first-order valence-electron chi connectivity index (χ1n) is 8.69. The molecule has 0 aromatic heterocycles. The Labute approximate surface area is 136 Å². The first kappa shape index (κ1) is 18.6. The molecule has 0 aliphatic carbocycles. The lowest BCUT2D eigenvalue weighted by atomic mass is 9.84. The van der Waals surface area contributed by atoms with E-state index < -0.39 is 0 Å². The SMILES string of the molecule is CCCCCCC(=N)C(=N)c1c(C(C)C)cccc1C(C)C. The first-order valence-corrected chi connectivity index (χ1v) is 8.69. The molecule has 0 bridgehead atoms. The molecule has 2 heteroatoms. The van der Waals surface area contributed by atoms with Gasteiger partial charge in [-0.2, -0.15) is 0 Å². The monoisotopic (exact) mass is 300 g/mol. The molecule has 0 heterocycles. The van der Waals surface area contributed by atoms with Gasteiger partial charge in [0.15, 0.2) is 0 Å². The summed E-state index contributed by atoms with van der Waals surface area (Å²) in [4.78, 5) is 0. The highest BCUT2D eigenvalue weighted by Crippen LogP contribution is 2.28. The summed E-state index contributed by atoms with van der Waals surface area (Å²) in [7, 11) is 0. The highest BCUT2D eigenvalue weighted by atomic mass is 14.5. The van der Waals surface area contributed by atoms with Crippen LogP contribution in [0.5, 0.6) is 0 Å². The minimum atomic E-state index is 0.377. The third-order valence-corrected chi connectivity index (χ3v) is 4.21. The van der Waals surface area contributed by atoms with Crippen molar-refractivity contribution >= 4 is 11.4 Å². The Kier molecular flexibility index (Phi) is 7.50. The summed E-state index contributed by atoms with van der Waals surface area (Å²) >= 11 is 0. The molecular formula is C20H32N2. The Morgan fingerprint density at radius 3 is 1.91 bits per heavy atom. The normalized spacial score (nSPS) is 11.2. The van der Waals surface area contributed by atoms with Crippen molar-refractivity contribution in [3.63, 3.8) is 0 Å². The topological polar surface area (TPSA) is 47.7 Å². The molecule has 1 aromatic rings. The Morgan fingerprint density at radius 2 is 1.45 bits per heavy atom. The molecule has 0 fully saturated rings. The number of unbranched alkanes of at least 4 members (excludes halogenated alkanes) is 3. The summed E-state index contributed by atoms with van der Waals surface area (Å²) in [6.07, 6.45) is 5.34. The predicted octanol–water partition coefficient (Wildman–Crippen LogP) is 6.29. The minimum Gasteiger partial charge on any atom is -0.303 e. The molecule has 0 aliphatic heterocycles. The molecule has 0 atom stereocenters. The lowest BCUT2D eigenvalue weighted by Crippen LogP contribution is -2.18. The van der Waals surface area contributed by atoms with E-state index in [0.717, 1.165) is 24.8 Å². The van der Waals surface area contributed by atoms with Gasteiger partial charge in [-0.1, -0.05) is 72.1 Å². The van der Waals surface area contributed by atoms with Gasteiger partial charge in [0, 0.05) is 5.56 Å². The van der Waals surface area contributed by atoms with Crippen molar-refractivity contribution in [2.24, 2.45) is 0 Å². The van der Waals surface area contributed by atoms with Crippen molar-refractivity contribution in [1.82, 2.24) is 0 Å². The van der Waals surface area contributed by atoms with Crippen molar-refractivity contribution in [2.75, 3.05) is 0 Å². The molecule has 122 valence electrons. The zero-order valence-corrected chi connectivity index (χ0v) is 14.9. The lowest BCUT2D eigenvalue weighted by molar-refractivity contribution is 0.683. The second-order valence-corrected chi connectivity index (χ2v) is 6.79. The summed E-state index contributed by atoms with van der Waals surface area (Å²) in [6, 6.07) is 6.32. The van der Waals surface area contributed by atoms with Crippen molar-refractivity contribution in [1.29, 1.82) is 10.8 Å². The van der Waals surface area contributed by atoms with Crippen LogP contribution in [0.25, 0.3) is 0 Å². The first-order chi connectivity index (χ1) is 10.4. The van der Waals surface area contributed by atoms with Crippen LogP contribution in [0.3, 0.4) is 0 Å². The fourth-order valence-corrected chi connectivity index (χ4v) is 2.84. The van der Waals surface area contributed by atoms with E-state index in [2.05, 4.69) is 52.8 Å². The van der Waals surface area contributed by atoms with Crippen molar-refractivity contribution < 1.29 is 0 Å². The molecule has 22 heavy (non-hydrogen) atoms. The van der Waals surface area contributed by atoms with Crippen molar-refractivity contribution in [3.8, 4) is 0 Å². The second kappa shape index (κ2) is 8.87.